The summed E-state index contributed by atoms with van der Waals surface area (Å²) in [6.45, 7) is 3.51. The van der Waals surface area contributed by atoms with Gasteiger partial charge in [0, 0.05) is 19.3 Å². The minimum absolute atomic E-state index is 0.261. The number of rotatable bonds is 8. The maximum Gasteiger partial charge on any atom is 0.242 e. The van der Waals surface area contributed by atoms with Crippen LogP contribution in [0.3, 0.4) is 0 Å². The second-order valence-corrected chi connectivity index (χ2v) is 6.22. The molecule has 0 aliphatic carbocycles. The molecule has 2 rings (SSSR count). The Bertz CT molecular complexity index is 655. The second-order valence-electron chi connectivity index (χ2n) is 4.49. The van der Waals surface area contributed by atoms with Gasteiger partial charge in [0.1, 0.15) is 4.90 Å². The van der Waals surface area contributed by atoms with Crippen molar-refractivity contribution >= 4 is 15.7 Å². The molecule has 1 aromatic carbocycles. The number of hydrogen-bond donors (Lipinski definition) is 2. The van der Waals surface area contributed by atoms with Gasteiger partial charge in [-0.3, -0.25) is 4.68 Å². The highest BCUT2D eigenvalue weighted by Crippen LogP contribution is 2.20. The summed E-state index contributed by atoms with van der Waals surface area (Å²) in [5.74, 6) is 0. The third kappa shape index (κ3) is 4.27. The van der Waals surface area contributed by atoms with Crippen molar-refractivity contribution in [3.63, 3.8) is 0 Å². The molecule has 0 aliphatic rings. The second kappa shape index (κ2) is 7.19. The van der Waals surface area contributed by atoms with E-state index in [0.29, 0.717) is 25.3 Å². The average molecular weight is 309 g/mol. The molecule has 7 nitrogen and oxygen atoms in total. The fourth-order valence-electron chi connectivity index (χ4n) is 1.82. The number of sulfonamides is 1. The lowest BCUT2D eigenvalue weighted by Crippen LogP contribution is -2.25. The number of hydrogen-bond acceptors (Lipinski definition) is 5. The Labute approximate surface area is 124 Å². The van der Waals surface area contributed by atoms with E-state index in [9.17, 15) is 8.42 Å². The minimum atomic E-state index is -3.48. The van der Waals surface area contributed by atoms with Crippen molar-refractivity contribution < 1.29 is 8.42 Å². The van der Waals surface area contributed by atoms with E-state index in [1.807, 2.05) is 6.92 Å². The minimum Gasteiger partial charge on any atom is -0.382 e. The van der Waals surface area contributed by atoms with Gasteiger partial charge in [-0.25, -0.2) is 13.1 Å². The number of benzene rings is 1. The first-order valence-electron chi connectivity index (χ1n) is 6.80. The van der Waals surface area contributed by atoms with Crippen molar-refractivity contribution in [2.24, 2.45) is 0 Å². The lowest BCUT2D eigenvalue weighted by molar-refractivity contribution is 0.580. The van der Waals surface area contributed by atoms with Crippen molar-refractivity contribution in [3.8, 4) is 0 Å². The summed E-state index contributed by atoms with van der Waals surface area (Å²) in [6, 6.07) is 6.86. The zero-order valence-electron chi connectivity index (χ0n) is 11.9. The van der Waals surface area contributed by atoms with Gasteiger partial charge >= 0.3 is 0 Å². The molecule has 2 N–H and O–H groups in total. The van der Waals surface area contributed by atoms with Crippen LogP contribution in [-0.4, -0.2) is 36.5 Å². The molecule has 2 aromatic rings. The van der Waals surface area contributed by atoms with E-state index in [1.54, 1.807) is 41.3 Å². The number of anilines is 1. The zero-order chi connectivity index (χ0) is 15.1. The Morgan fingerprint density at radius 1 is 1.24 bits per heavy atom. The van der Waals surface area contributed by atoms with Gasteiger partial charge in [-0.15, -0.1) is 5.10 Å². The van der Waals surface area contributed by atoms with Gasteiger partial charge in [-0.05, 0) is 18.6 Å². The molecule has 0 saturated carbocycles. The molecule has 8 heteroatoms. The Balaban J connectivity index is 2.06. The molecule has 0 bridgehead atoms. The maximum absolute atomic E-state index is 12.2. The predicted molar refractivity (Wildman–Crippen MR) is 80.4 cm³/mol. The summed E-state index contributed by atoms with van der Waals surface area (Å²) >= 11 is 0. The van der Waals surface area contributed by atoms with E-state index >= 15 is 0 Å². The Hall–Kier alpha value is -1.93. The van der Waals surface area contributed by atoms with Crippen LogP contribution >= 0.6 is 0 Å². The van der Waals surface area contributed by atoms with Crippen LogP contribution in [0.2, 0.25) is 0 Å². The van der Waals surface area contributed by atoms with Crippen molar-refractivity contribution in [2.45, 2.75) is 24.8 Å². The van der Waals surface area contributed by atoms with Crippen LogP contribution in [0.25, 0.3) is 0 Å². The van der Waals surface area contributed by atoms with Crippen molar-refractivity contribution in [1.82, 2.24) is 19.7 Å². The first-order chi connectivity index (χ1) is 10.1. The summed E-state index contributed by atoms with van der Waals surface area (Å²) in [6.07, 6.45) is 4.11. The van der Waals surface area contributed by atoms with E-state index in [1.165, 1.54) is 0 Å². The Kier molecular flexibility index (Phi) is 5.29. The van der Waals surface area contributed by atoms with Crippen LogP contribution in [0.4, 0.5) is 5.69 Å². The van der Waals surface area contributed by atoms with Crippen LogP contribution < -0.4 is 10.0 Å². The van der Waals surface area contributed by atoms with Gasteiger partial charge < -0.3 is 5.32 Å². The lowest BCUT2D eigenvalue weighted by atomic mass is 10.3. The topological polar surface area (TPSA) is 88.9 Å². The first kappa shape index (κ1) is 15.5. The average Bonchev–Trinajstić information content (AvgIpc) is 2.99. The zero-order valence-corrected chi connectivity index (χ0v) is 12.7. The highest BCUT2D eigenvalue weighted by molar-refractivity contribution is 7.89. The van der Waals surface area contributed by atoms with E-state index in [2.05, 4.69) is 20.4 Å². The number of aromatic nitrogens is 3. The molecule has 1 aromatic heterocycles. The molecular formula is C13H19N5O2S. The van der Waals surface area contributed by atoms with Crippen LogP contribution in [0.1, 0.15) is 13.3 Å². The summed E-state index contributed by atoms with van der Waals surface area (Å²) in [4.78, 5) is 0.261. The number of para-hydroxylation sites is 1. The van der Waals surface area contributed by atoms with Gasteiger partial charge in [0.25, 0.3) is 0 Å². The van der Waals surface area contributed by atoms with Gasteiger partial charge in [-0.2, -0.15) is 0 Å². The van der Waals surface area contributed by atoms with Crippen molar-refractivity contribution in [3.05, 3.63) is 36.7 Å². The van der Waals surface area contributed by atoms with Crippen molar-refractivity contribution in [2.75, 3.05) is 18.4 Å². The Morgan fingerprint density at radius 2 is 2.05 bits per heavy atom. The normalized spacial score (nSPS) is 11.5. The molecule has 21 heavy (non-hydrogen) atoms. The largest absolute Gasteiger partial charge is 0.382 e. The maximum atomic E-state index is 12.2. The summed E-state index contributed by atoms with van der Waals surface area (Å²) in [5.41, 5.74) is 0.584. The molecular weight excluding hydrogens is 290 g/mol. The van der Waals surface area contributed by atoms with Crippen LogP contribution in [0.15, 0.2) is 41.6 Å². The van der Waals surface area contributed by atoms with E-state index < -0.39 is 10.0 Å². The van der Waals surface area contributed by atoms with Crippen LogP contribution in [-0.2, 0) is 16.6 Å². The summed E-state index contributed by atoms with van der Waals surface area (Å²) < 4.78 is 28.7. The van der Waals surface area contributed by atoms with Gasteiger partial charge in [0.15, 0.2) is 0 Å². The van der Waals surface area contributed by atoms with Crippen LogP contribution in [0, 0.1) is 0 Å². The predicted octanol–water partition coefficient (Wildman–Crippen LogP) is 1.08. The van der Waals surface area contributed by atoms with Gasteiger partial charge in [0.2, 0.25) is 10.0 Å². The Morgan fingerprint density at radius 3 is 2.76 bits per heavy atom. The standard InChI is InChI=1S/C13H19N5O2S/c1-2-7-16-21(19,20)13-6-4-3-5-12(13)14-8-10-18-11-9-15-17-18/h3-6,9,11,14,16H,2,7-8,10H2,1H3. The fraction of sp³-hybridized carbons (Fsp3) is 0.385. The van der Waals surface area contributed by atoms with Gasteiger partial charge in [0.05, 0.1) is 18.4 Å². The fourth-order valence-corrected chi connectivity index (χ4v) is 3.13. The smallest absolute Gasteiger partial charge is 0.242 e. The molecule has 0 fully saturated rings. The molecule has 0 unspecified atom stereocenters. The van der Waals surface area contributed by atoms with E-state index in [4.69, 9.17) is 0 Å². The molecule has 0 saturated heterocycles. The first-order valence-corrected chi connectivity index (χ1v) is 8.28. The molecule has 0 aliphatic heterocycles. The third-order valence-electron chi connectivity index (χ3n) is 2.85. The SMILES string of the molecule is CCCNS(=O)(=O)c1ccccc1NCCn1ccnn1. The molecule has 1 heterocycles. The number of nitrogens with zero attached hydrogens (tertiary/aromatic N) is 3. The van der Waals surface area contributed by atoms with Crippen molar-refractivity contribution in [1.29, 1.82) is 0 Å². The summed E-state index contributed by atoms with van der Waals surface area (Å²) in [7, 11) is -3.48. The number of nitrogens with one attached hydrogen (secondary N) is 2. The summed E-state index contributed by atoms with van der Waals surface area (Å²) in [5, 5.41) is 10.7. The van der Waals surface area contributed by atoms with Gasteiger partial charge in [-0.1, -0.05) is 24.3 Å². The molecule has 0 radical (unpaired) electrons. The van der Waals surface area contributed by atoms with E-state index in [0.717, 1.165) is 6.42 Å². The lowest BCUT2D eigenvalue weighted by Gasteiger charge is -2.12. The molecule has 114 valence electrons. The quantitative estimate of drug-likeness (QED) is 0.761. The highest BCUT2D eigenvalue weighted by atomic mass is 32.2. The monoisotopic (exact) mass is 309 g/mol. The van der Waals surface area contributed by atoms with E-state index in [-0.39, 0.29) is 4.90 Å². The molecule has 0 amide bonds. The molecule has 0 atom stereocenters. The molecule has 0 spiro atoms. The third-order valence-corrected chi connectivity index (χ3v) is 4.37. The highest BCUT2D eigenvalue weighted by Gasteiger charge is 2.16. The van der Waals surface area contributed by atoms with Crippen LogP contribution in [0.5, 0.6) is 0 Å².